The van der Waals surface area contributed by atoms with Gasteiger partial charge in [0.15, 0.2) is 5.12 Å². The van der Waals surface area contributed by atoms with Crippen LogP contribution in [0.1, 0.15) is 18.9 Å². The molecule has 0 aliphatic carbocycles. The van der Waals surface area contributed by atoms with E-state index in [0.717, 1.165) is 0 Å². The van der Waals surface area contributed by atoms with Crippen LogP contribution in [0.15, 0.2) is 18.2 Å². The minimum absolute atomic E-state index is 0.0546. The fourth-order valence-corrected chi connectivity index (χ4v) is 1.82. The number of benzene rings is 1. The van der Waals surface area contributed by atoms with Crippen LogP contribution in [0, 0.1) is 22.0 Å². The van der Waals surface area contributed by atoms with Crippen LogP contribution >= 0.6 is 23.4 Å². The first-order valence-electron chi connectivity index (χ1n) is 5.07. The molecule has 0 saturated heterocycles. The van der Waals surface area contributed by atoms with Crippen LogP contribution in [0.5, 0.6) is 0 Å². The fourth-order valence-electron chi connectivity index (χ4n) is 1.14. The molecule has 0 aromatic heterocycles. The fraction of sp³-hybridized carbons (Fsp3) is 0.250. The highest BCUT2D eigenvalue weighted by atomic mass is 35.5. The van der Waals surface area contributed by atoms with Crippen LogP contribution in [0.4, 0.5) is 5.69 Å². The van der Waals surface area contributed by atoms with Crippen LogP contribution < -0.4 is 0 Å². The van der Waals surface area contributed by atoms with Gasteiger partial charge in [-0.25, -0.2) is 0 Å². The summed E-state index contributed by atoms with van der Waals surface area (Å²) in [5.41, 5.74) is 0.389. The molecular formula is C12H10ClNO3S. The topological polar surface area (TPSA) is 60.2 Å². The van der Waals surface area contributed by atoms with Crippen LogP contribution in [0.25, 0.3) is 0 Å². The lowest BCUT2D eigenvalue weighted by Gasteiger charge is -1.95. The van der Waals surface area contributed by atoms with Crippen LogP contribution in [0.3, 0.4) is 0 Å². The first-order valence-corrected chi connectivity index (χ1v) is 6.43. The highest BCUT2D eigenvalue weighted by molar-refractivity contribution is 8.13. The number of nitrogens with zero attached hydrogens (tertiary/aromatic N) is 1. The predicted octanol–water partition coefficient (Wildman–Crippen LogP) is 3.27. The number of nitro groups is 1. The van der Waals surface area contributed by atoms with E-state index in [0.29, 0.717) is 17.7 Å². The molecule has 0 spiro atoms. The normalized spacial score (nSPS) is 9.44. The second kappa shape index (κ2) is 7.04. The molecule has 0 unspecified atom stereocenters. The van der Waals surface area contributed by atoms with Gasteiger partial charge in [0.2, 0.25) is 0 Å². The molecule has 1 aromatic rings. The first-order chi connectivity index (χ1) is 8.50. The third kappa shape index (κ3) is 4.78. The lowest BCUT2D eigenvalue weighted by Crippen LogP contribution is -1.90. The van der Waals surface area contributed by atoms with E-state index in [1.54, 1.807) is 6.07 Å². The third-order valence-corrected chi connectivity index (χ3v) is 3.04. The molecule has 0 amide bonds. The van der Waals surface area contributed by atoms with Gasteiger partial charge in [-0.15, -0.1) is 0 Å². The van der Waals surface area contributed by atoms with Crippen LogP contribution in [-0.4, -0.2) is 15.8 Å². The maximum Gasteiger partial charge on any atom is 0.289 e. The van der Waals surface area contributed by atoms with Crippen LogP contribution in [0.2, 0.25) is 5.02 Å². The smallest absolute Gasteiger partial charge is 0.288 e. The Morgan fingerprint density at radius 1 is 1.56 bits per heavy atom. The Bertz CT molecular complexity index is 534. The monoisotopic (exact) mass is 283 g/mol. The Labute approximate surface area is 114 Å². The average molecular weight is 284 g/mol. The molecule has 0 N–H and O–H groups in total. The first kappa shape index (κ1) is 14.6. The molecule has 0 atom stereocenters. The standard InChI is InChI=1S/C12H10ClNO3S/c1-9(15)18-7-3-2-4-10-5-6-11(13)12(8-10)14(16)17/h5-6,8H,3,7H2,1H3. The van der Waals surface area contributed by atoms with Gasteiger partial charge in [0.05, 0.1) is 4.92 Å². The van der Waals surface area contributed by atoms with E-state index < -0.39 is 4.92 Å². The second-order valence-corrected chi connectivity index (χ2v) is 4.99. The van der Waals surface area contributed by atoms with E-state index in [1.165, 1.54) is 30.8 Å². The summed E-state index contributed by atoms with van der Waals surface area (Å²) >= 11 is 6.89. The zero-order valence-corrected chi connectivity index (χ0v) is 11.2. The predicted molar refractivity (Wildman–Crippen MR) is 72.7 cm³/mol. The lowest BCUT2D eigenvalue weighted by atomic mass is 10.2. The molecule has 0 fully saturated rings. The number of hydrogen-bond acceptors (Lipinski definition) is 4. The maximum absolute atomic E-state index is 10.7. The molecule has 0 bridgehead atoms. The maximum atomic E-state index is 10.7. The minimum Gasteiger partial charge on any atom is -0.288 e. The zero-order valence-electron chi connectivity index (χ0n) is 9.60. The molecule has 6 heteroatoms. The van der Waals surface area contributed by atoms with Gasteiger partial charge in [-0.3, -0.25) is 14.9 Å². The Morgan fingerprint density at radius 3 is 2.89 bits per heavy atom. The van der Waals surface area contributed by atoms with Crippen LogP contribution in [-0.2, 0) is 4.79 Å². The summed E-state index contributed by atoms with van der Waals surface area (Å²) in [6.45, 7) is 1.50. The average Bonchev–Trinajstić information content (AvgIpc) is 2.30. The highest BCUT2D eigenvalue weighted by Crippen LogP contribution is 2.24. The van der Waals surface area contributed by atoms with E-state index in [9.17, 15) is 14.9 Å². The van der Waals surface area contributed by atoms with E-state index in [-0.39, 0.29) is 15.8 Å². The number of nitro benzene ring substituents is 1. The van der Waals surface area contributed by atoms with Crippen molar-refractivity contribution in [3.63, 3.8) is 0 Å². The van der Waals surface area contributed by atoms with Gasteiger partial charge in [0.25, 0.3) is 5.69 Å². The SMILES string of the molecule is CC(=O)SCCC#Cc1ccc(Cl)c([N+](=O)[O-])c1. The number of carbonyl (C=O) groups is 1. The van der Waals surface area contributed by atoms with Gasteiger partial charge >= 0.3 is 0 Å². The van der Waals surface area contributed by atoms with E-state index in [1.807, 2.05) is 0 Å². The van der Waals surface area contributed by atoms with Crippen molar-refractivity contribution in [2.24, 2.45) is 0 Å². The molecule has 18 heavy (non-hydrogen) atoms. The molecule has 0 heterocycles. The Hall–Kier alpha value is -1.51. The molecule has 1 rings (SSSR count). The molecular weight excluding hydrogens is 274 g/mol. The van der Waals surface area contributed by atoms with Gasteiger partial charge in [-0.2, -0.15) is 0 Å². The van der Waals surface area contributed by atoms with Gasteiger partial charge in [0.1, 0.15) is 5.02 Å². The van der Waals surface area contributed by atoms with Crippen molar-refractivity contribution in [2.45, 2.75) is 13.3 Å². The van der Waals surface area contributed by atoms with Crippen molar-refractivity contribution in [1.29, 1.82) is 0 Å². The van der Waals surface area contributed by atoms with Gasteiger partial charge in [-0.05, 0) is 12.1 Å². The summed E-state index contributed by atoms with van der Waals surface area (Å²) in [5.74, 6) is 6.28. The second-order valence-electron chi connectivity index (χ2n) is 3.32. The molecule has 0 saturated carbocycles. The molecule has 0 radical (unpaired) electrons. The summed E-state index contributed by atoms with van der Waals surface area (Å²) in [5, 5.41) is 10.8. The summed E-state index contributed by atoms with van der Waals surface area (Å²) in [6, 6.07) is 4.42. The molecule has 1 aromatic carbocycles. The number of rotatable bonds is 3. The number of hydrogen-bond donors (Lipinski definition) is 0. The third-order valence-electron chi connectivity index (χ3n) is 1.91. The number of carbonyl (C=O) groups excluding carboxylic acids is 1. The van der Waals surface area contributed by atoms with Crippen molar-refractivity contribution in [1.82, 2.24) is 0 Å². The zero-order chi connectivity index (χ0) is 13.5. The summed E-state index contributed by atoms with van der Waals surface area (Å²) in [6.07, 6.45) is 0.556. The van der Waals surface area contributed by atoms with E-state index in [4.69, 9.17) is 11.6 Å². The summed E-state index contributed by atoms with van der Waals surface area (Å²) < 4.78 is 0. The van der Waals surface area contributed by atoms with Crippen molar-refractivity contribution < 1.29 is 9.72 Å². The van der Waals surface area contributed by atoms with Gasteiger partial charge in [0, 0.05) is 30.7 Å². The van der Waals surface area contributed by atoms with Crippen molar-refractivity contribution in [3.05, 3.63) is 38.9 Å². The van der Waals surface area contributed by atoms with E-state index in [2.05, 4.69) is 11.8 Å². The molecule has 0 aliphatic rings. The van der Waals surface area contributed by atoms with Crippen molar-refractivity contribution in [2.75, 3.05) is 5.75 Å². The summed E-state index contributed by atoms with van der Waals surface area (Å²) in [7, 11) is 0. The Kier molecular flexibility index (Phi) is 5.69. The highest BCUT2D eigenvalue weighted by Gasteiger charge is 2.11. The Morgan fingerprint density at radius 2 is 2.28 bits per heavy atom. The summed E-state index contributed by atoms with van der Waals surface area (Å²) in [4.78, 5) is 20.8. The van der Waals surface area contributed by atoms with E-state index >= 15 is 0 Å². The number of halogens is 1. The Balaban J connectivity index is 2.68. The quantitative estimate of drug-likeness (QED) is 0.370. The largest absolute Gasteiger partial charge is 0.289 e. The van der Waals surface area contributed by atoms with Crippen molar-refractivity contribution in [3.8, 4) is 11.8 Å². The molecule has 4 nitrogen and oxygen atoms in total. The molecule has 0 aliphatic heterocycles. The van der Waals surface area contributed by atoms with Gasteiger partial charge < -0.3 is 0 Å². The minimum atomic E-state index is -0.543. The lowest BCUT2D eigenvalue weighted by molar-refractivity contribution is -0.384. The number of thioether (sulfide) groups is 1. The van der Waals surface area contributed by atoms with Crippen molar-refractivity contribution >= 4 is 34.2 Å². The molecule has 94 valence electrons. The van der Waals surface area contributed by atoms with Gasteiger partial charge in [-0.1, -0.05) is 35.2 Å².